The Hall–Kier alpha value is -2.94. The summed E-state index contributed by atoms with van der Waals surface area (Å²) in [5.41, 5.74) is 3.05. The molecule has 4 aromatic rings. The predicted octanol–water partition coefficient (Wildman–Crippen LogP) is 5.22. The molecule has 2 heterocycles. The fourth-order valence-electron chi connectivity index (χ4n) is 3.88. The van der Waals surface area contributed by atoms with E-state index in [0.29, 0.717) is 40.5 Å². The number of thioether (sulfide) groups is 1. The third kappa shape index (κ3) is 4.66. The van der Waals surface area contributed by atoms with Gasteiger partial charge in [0.1, 0.15) is 5.82 Å². The topological polar surface area (TPSA) is 66.1 Å². The summed E-state index contributed by atoms with van der Waals surface area (Å²) in [5, 5.41) is 0.640. The molecule has 9 heteroatoms. The van der Waals surface area contributed by atoms with Gasteiger partial charge in [0.25, 0.3) is 5.56 Å². The van der Waals surface area contributed by atoms with Crippen molar-refractivity contribution in [3.63, 3.8) is 0 Å². The van der Waals surface area contributed by atoms with E-state index < -0.39 is 5.82 Å². The molecule has 34 heavy (non-hydrogen) atoms. The zero-order valence-electron chi connectivity index (χ0n) is 19.0. The summed E-state index contributed by atoms with van der Waals surface area (Å²) in [6, 6.07) is 12.9. The molecule has 0 saturated carbocycles. The summed E-state index contributed by atoms with van der Waals surface area (Å²) in [7, 11) is 1.64. The minimum atomic E-state index is -0.583. The van der Waals surface area contributed by atoms with Crippen molar-refractivity contribution < 1.29 is 13.9 Å². The van der Waals surface area contributed by atoms with Crippen molar-refractivity contribution in [2.75, 3.05) is 19.5 Å². The standard InChI is InChI=1S/C25H23ClFN3O3S/c1-15-12-19(16(2)29(15)10-11-33-3)23(31)14-34-25-28-22-7-5-4-6-18(22)24(32)30(25)17-8-9-21(27)20(26)13-17/h4-9,12-13H,10-11,14H2,1-3H3. The molecule has 2 aromatic carbocycles. The minimum absolute atomic E-state index is 0.0761. The number of fused-ring (bicyclic) bond motifs is 1. The van der Waals surface area contributed by atoms with E-state index in [1.807, 2.05) is 24.5 Å². The number of methoxy groups -OCH3 is 1. The first-order valence-corrected chi connectivity index (χ1v) is 12.0. The number of carbonyl (C=O) groups excluding carboxylic acids is 1. The van der Waals surface area contributed by atoms with E-state index in [1.165, 1.54) is 22.8 Å². The smallest absolute Gasteiger partial charge is 0.266 e. The van der Waals surface area contributed by atoms with Gasteiger partial charge in [0, 0.05) is 30.6 Å². The van der Waals surface area contributed by atoms with Gasteiger partial charge < -0.3 is 9.30 Å². The summed E-state index contributed by atoms with van der Waals surface area (Å²) < 4.78 is 22.3. The first-order valence-electron chi connectivity index (χ1n) is 10.6. The molecule has 0 aliphatic rings. The predicted molar refractivity (Wildman–Crippen MR) is 133 cm³/mol. The van der Waals surface area contributed by atoms with Crippen molar-refractivity contribution in [2.45, 2.75) is 25.5 Å². The van der Waals surface area contributed by atoms with Crippen LogP contribution in [-0.4, -0.2) is 39.4 Å². The number of para-hydroxylation sites is 1. The molecule has 0 atom stereocenters. The molecule has 6 nitrogen and oxygen atoms in total. The van der Waals surface area contributed by atoms with Gasteiger partial charge in [0.05, 0.1) is 34.0 Å². The number of halogens is 2. The van der Waals surface area contributed by atoms with Gasteiger partial charge in [-0.3, -0.25) is 14.2 Å². The second kappa shape index (κ2) is 10.1. The van der Waals surface area contributed by atoms with Crippen molar-refractivity contribution >= 4 is 40.0 Å². The van der Waals surface area contributed by atoms with Gasteiger partial charge in [0.15, 0.2) is 10.9 Å². The molecule has 176 valence electrons. The lowest BCUT2D eigenvalue weighted by molar-refractivity contribution is 0.102. The Morgan fingerprint density at radius 1 is 1.18 bits per heavy atom. The van der Waals surface area contributed by atoms with Crippen LogP contribution in [0.5, 0.6) is 0 Å². The minimum Gasteiger partial charge on any atom is -0.383 e. The molecule has 0 bridgehead atoms. The van der Waals surface area contributed by atoms with E-state index in [1.54, 1.807) is 31.4 Å². The van der Waals surface area contributed by atoms with Crippen LogP contribution < -0.4 is 5.56 Å². The third-order valence-corrected chi connectivity index (χ3v) is 6.86. The summed E-state index contributed by atoms with van der Waals surface area (Å²) in [6.45, 7) is 5.07. The van der Waals surface area contributed by atoms with Crippen LogP contribution in [0.25, 0.3) is 16.6 Å². The largest absolute Gasteiger partial charge is 0.383 e. The van der Waals surface area contributed by atoms with Gasteiger partial charge in [-0.15, -0.1) is 0 Å². The number of aryl methyl sites for hydroxylation is 1. The Bertz CT molecular complexity index is 1450. The Morgan fingerprint density at radius 2 is 1.94 bits per heavy atom. The van der Waals surface area contributed by atoms with Gasteiger partial charge in [0.2, 0.25) is 0 Å². The number of nitrogens with zero attached hydrogens (tertiary/aromatic N) is 3. The van der Waals surface area contributed by atoms with Gasteiger partial charge in [-0.2, -0.15) is 0 Å². The Kier molecular flexibility index (Phi) is 7.21. The van der Waals surface area contributed by atoms with Gasteiger partial charge in [-0.05, 0) is 50.2 Å². The van der Waals surface area contributed by atoms with Crippen molar-refractivity contribution in [1.29, 1.82) is 0 Å². The highest BCUT2D eigenvalue weighted by Crippen LogP contribution is 2.26. The normalized spacial score (nSPS) is 11.3. The Morgan fingerprint density at radius 3 is 2.68 bits per heavy atom. The number of aromatic nitrogens is 3. The lowest BCUT2D eigenvalue weighted by Gasteiger charge is -2.13. The van der Waals surface area contributed by atoms with Crippen LogP contribution in [0.2, 0.25) is 5.02 Å². The molecular formula is C25H23ClFN3O3S. The Labute approximate surface area is 205 Å². The number of rotatable bonds is 8. The Balaban J connectivity index is 1.71. The molecule has 0 saturated heterocycles. The number of ether oxygens (including phenoxy) is 1. The lowest BCUT2D eigenvalue weighted by Crippen LogP contribution is -2.22. The van der Waals surface area contributed by atoms with E-state index in [9.17, 15) is 14.0 Å². The van der Waals surface area contributed by atoms with Gasteiger partial charge in [-0.1, -0.05) is 35.5 Å². The fourth-order valence-corrected chi connectivity index (χ4v) is 4.95. The van der Waals surface area contributed by atoms with E-state index in [2.05, 4.69) is 4.98 Å². The van der Waals surface area contributed by atoms with Crippen LogP contribution in [0.1, 0.15) is 21.7 Å². The maximum absolute atomic E-state index is 13.8. The van der Waals surface area contributed by atoms with E-state index in [4.69, 9.17) is 16.3 Å². The first kappa shape index (κ1) is 24.2. The second-order valence-corrected chi connectivity index (χ2v) is 9.14. The van der Waals surface area contributed by atoms with Crippen molar-refractivity contribution in [2.24, 2.45) is 0 Å². The van der Waals surface area contributed by atoms with Crippen LogP contribution in [0, 0.1) is 19.7 Å². The number of carbonyl (C=O) groups is 1. The second-order valence-electron chi connectivity index (χ2n) is 7.79. The molecule has 0 aliphatic heterocycles. The average Bonchev–Trinajstić information content (AvgIpc) is 3.11. The summed E-state index contributed by atoms with van der Waals surface area (Å²) >= 11 is 7.14. The molecule has 2 aromatic heterocycles. The molecule has 0 amide bonds. The van der Waals surface area contributed by atoms with Gasteiger partial charge >= 0.3 is 0 Å². The number of hydrogen-bond donors (Lipinski definition) is 0. The third-order valence-electron chi connectivity index (χ3n) is 5.63. The van der Waals surface area contributed by atoms with E-state index in [0.717, 1.165) is 23.1 Å². The molecule has 4 rings (SSSR count). The quantitative estimate of drug-likeness (QED) is 0.189. The highest BCUT2D eigenvalue weighted by Gasteiger charge is 2.19. The lowest BCUT2D eigenvalue weighted by atomic mass is 10.2. The summed E-state index contributed by atoms with van der Waals surface area (Å²) in [6.07, 6.45) is 0. The fraction of sp³-hybridized carbons (Fsp3) is 0.240. The van der Waals surface area contributed by atoms with E-state index >= 15 is 0 Å². The monoisotopic (exact) mass is 499 g/mol. The number of ketones is 1. The van der Waals surface area contributed by atoms with Crippen LogP contribution in [0.4, 0.5) is 4.39 Å². The highest BCUT2D eigenvalue weighted by molar-refractivity contribution is 7.99. The van der Waals surface area contributed by atoms with E-state index in [-0.39, 0.29) is 22.1 Å². The van der Waals surface area contributed by atoms with Crippen molar-refractivity contribution in [3.05, 3.63) is 86.7 Å². The summed E-state index contributed by atoms with van der Waals surface area (Å²) in [4.78, 5) is 31.1. The zero-order valence-corrected chi connectivity index (χ0v) is 20.5. The molecule has 0 radical (unpaired) electrons. The average molecular weight is 500 g/mol. The summed E-state index contributed by atoms with van der Waals surface area (Å²) in [5.74, 6) is -0.581. The zero-order chi connectivity index (χ0) is 24.4. The van der Waals surface area contributed by atoms with Crippen LogP contribution in [0.3, 0.4) is 0 Å². The molecule has 0 aliphatic carbocycles. The van der Waals surface area contributed by atoms with Crippen LogP contribution >= 0.6 is 23.4 Å². The number of benzene rings is 2. The SMILES string of the molecule is COCCn1c(C)cc(C(=O)CSc2nc3ccccc3c(=O)n2-c2ccc(F)c(Cl)c2)c1C. The van der Waals surface area contributed by atoms with Crippen LogP contribution in [-0.2, 0) is 11.3 Å². The highest BCUT2D eigenvalue weighted by atomic mass is 35.5. The molecule has 0 unspecified atom stereocenters. The molecular weight excluding hydrogens is 477 g/mol. The number of Topliss-reactive ketones (excluding diaryl/α,β-unsaturated/α-hetero) is 1. The first-order chi connectivity index (χ1) is 16.3. The van der Waals surface area contributed by atoms with Gasteiger partial charge in [-0.25, -0.2) is 9.37 Å². The molecule has 0 fully saturated rings. The molecule has 0 spiro atoms. The molecule has 0 N–H and O–H groups in total. The number of hydrogen-bond acceptors (Lipinski definition) is 5. The van der Waals surface area contributed by atoms with Crippen molar-refractivity contribution in [3.8, 4) is 5.69 Å². The van der Waals surface area contributed by atoms with Crippen molar-refractivity contribution in [1.82, 2.24) is 14.1 Å². The van der Waals surface area contributed by atoms with Crippen LogP contribution in [0.15, 0.2) is 58.5 Å². The maximum atomic E-state index is 13.8. The maximum Gasteiger partial charge on any atom is 0.266 e.